The summed E-state index contributed by atoms with van der Waals surface area (Å²) in [4.78, 5) is 26.1. The Morgan fingerprint density at radius 2 is 0.667 bits per heavy atom. The second-order valence-electron chi connectivity index (χ2n) is 10.9. The van der Waals surface area contributed by atoms with Gasteiger partial charge >= 0.3 is 0 Å². The third kappa shape index (κ3) is 4.70. The van der Waals surface area contributed by atoms with Gasteiger partial charge in [-0.25, -0.2) is 17.8 Å². The van der Waals surface area contributed by atoms with Crippen molar-refractivity contribution >= 4 is 33.8 Å². The van der Waals surface area contributed by atoms with Crippen molar-refractivity contribution in [1.29, 1.82) is 0 Å². The fourth-order valence-corrected chi connectivity index (χ4v) is 13.3. The van der Waals surface area contributed by atoms with Gasteiger partial charge < -0.3 is 9.79 Å². The molecule has 0 aliphatic carbocycles. The summed E-state index contributed by atoms with van der Waals surface area (Å²) >= 11 is 0. The van der Waals surface area contributed by atoms with Crippen LogP contribution in [-0.2, 0) is 4.31 Å². The quantitative estimate of drug-likeness (QED) is 0.538. The molecule has 11 heteroatoms. The molecule has 2 rings (SSSR count). The topological polar surface area (TPSA) is 68.3 Å². The summed E-state index contributed by atoms with van der Waals surface area (Å²) < 4.78 is 14.7. The van der Waals surface area contributed by atoms with Crippen LogP contribution in [0.3, 0.4) is 0 Å². The van der Waals surface area contributed by atoms with Crippen LogP contribution in [0.25, 0.3) is 0 Å². The number of hydrogen-bond donors (Lipinski definition) is 0. The van der Waals surface area contributed by atoms with Gasteiger partial charge in [0.1, 0.15) is 0 Å². The average molecular weight is 456 g/mol. The van der Waals surface area contributed by atoms with E-state index in [-0.39, 0.29) is 22.2 Å². The molecule has 27 heavy (non-hydrogen) atoms. The molecule has 0 amide bonds. The first-order valence-corrected chi connectivity index (χ1v) is 13.9. The fraction of sp³-hybridized carbons (Fsp3) is 1.00. The zero-order valence-electron chi connectivity index (χ0n) is 18.8. The predicted octanol–water partition coefficient (Wildman–Crippen LogP) is 5.06. The Bertz CT molecular complexity index is 464. The van der Waals surface area contributed by atoms with Crippen LogP contribution >= 0.6 is 33.8 Å². The molecule has 2 saturated heterocycles. The van der Waals surface area contributed by atoms with Crippen LogP contribution in [0.4, 0.5) is 0 Å². The zero-order valence-corrected chi connectivity index (χ0v) is 22.4. The zero-order chi connectivity index (χ0) is 21.3. The predicted molar refractivity (Wildman–Crippen MR) is 115 cm³/mol. The molecular weight excluding hydrogens is 420 g/mol. The van der Waals surface area contributed by atoms with Crippen LogP contribution in [0.5, 0.6) is 0 Å². The highest BCUT2D eigenvalue weighted by Gasteiger charge is 2.58. The van der Waals surface area contributed by atoms with E-state index in [9.17, 15) is 9.79 Å². The van der Waals surface area contributed by atoms with E-state index in [4.69, 9.17) is 4.31 Å². The van der Waals surface area contributed by atoms with E-state index in [0.29, 0.717) is 0 Å². The summed E-state index contributed by atoms with van der Waals surface area (Å²) in [6.45, 7) is 24.8. The molecule has 160 valence electrons. The van der Waals surface area contributed by atoms with Gasteiger partial charge in [-0.15, -0.1) is 0 Å². The van der Waals surface area contributed by atoms with Gasteiger partial charge in [-0.05, 0) is 100.0 Å². The van der Waals surface area contributed by atoms with Crippen molar-refractivity contribution in [3.05, 3.63) is 0 Å². The van der Waals surface area contributed by atoms with E-state index in [1.54, 1.807) is 0 Å². The van der Waals surface area contributed by atoms with Crippen molar-refractivity contribution in [3.63, 3.8) is 0 Å². The first-order valence-electron chi connectivity index (χ1n) is 9.22. The first-order chi connectivity index (χ1) is 11.8. The van der Waals surface area contributed by atoms with Gasteiger partial charge in [0.2, 0.25) is 16.9 Å². The fourth-order valence-electron chi connectivity index (χ4n) is 2.78. The highest BCUT2D eigenvalue weighted by atomic mass is 31.3. The molecule has 0 atom stereocenters. The molecule has 2 aliphatic heterocycles. The van der Waals surface area contributed by atoms with Gasteiger partial charge in [0.15, 0.2) is 0 Å². The second kappa shape index (κ2) is 7.54. The molecule has 0 unspecified atom stereocenters. The molecule has 0 aromatic heterocycles. The first kappa shape index (κ1) is 24.7. The average Bonchev–Trinajstić information content (AvgIpc) is 2.28. The molecule has 0 N–H and O–H groups in total. The molecule has 2 fully saturated rings. The third-order valence-corrected chi connectivity index (χ3v) is 16.1. The van der Waals surface area contributed by atoms with E-state index in [2.05, 4.69) is 83.1 Å². The van der Waals surface area contributed by atoms with Gasteiger partial charge in [-0.1, -0.05) is 0 Å². The molecule has 0 aromatic rings. The van der Waals surface area contributed by atoms with Crippen LogP contribution in [-0.4, -0.2) is 39.9 Å². The summed E-state index contributed by atoms with van der Waals surface area (Å²) in [6, 6.07) is 0. The number of rotatable bonds is 2. The minimum atomic E-state index is -1.65. The molecule has 2 heterocycles. The van der Waals surface area contributed by atoms with Gasteiger partial charge in [0.05, 0.1) is 0 Å². The van der Waals surface area contributed by atoms with Crippen molar-refractivity contribution in [1.82, 2.24) is 17.8 Å². The lowest BCUT2D eigenvalue weighted by Crippen LogP contribution is -2.58. The standard InChI is InChI=1S/C16H36N4O3P4/c1-13(2,3)17-24(21)18(14(4,5)6)26(17)23-27-19(15(7,8)9)25(22)20(27)16(10,11)12/h1-12H3/q-2. The van der Waals surface area contributed by atoms with Crippen molar-refractivity contribution in [2.75, 3.05) is 0 Å². The highest BCUT2D eigenvalue weighted by Crippen LogP contribution is 2.87. The van der Waals surface area contributed by atoms with E-state index in [1.165, 1.54) is 0 Å². The smallest absolute Gasteiger partial charge is 0.202 e. The molecule has 0 saturated carbocycles. The molecule has 0 spiro atoms. The molecular formula is C16H36N4O3P4-2. The Hall–Kier alpha value is 1.44. The maximum atomic E-state index is 13.0. The Morgan fingerprint density at radius 3 is 0.815 bits per heavy atom. The van der Waals surface area contributed by atoms with Gasteiger partial charge in [-0.2, -0.15) is 0 Å². The largest absolute Gasteiger partial charge is 0.805 e. The number of nitrogens with zero attached hydrogens (tertiary/aromatic N) is 4. The van der Waals surface area contributed by atoms with Crippen LogP contribution in [0.2, 0.25) is 0 Å². The molecule has 2 aliphatic rings. The van der Waals surface area contributed by atoms with Crippen LogP contribution < -0.4 is 9.79 Å². The van der Waals surface area contributed by atoms with Gasteiger partial charge in [0.25, 0.3) is 0 Å². The van der Waals surface area contributed by atoms with Gasteiger partial charge in [-0.3, -0.25) is 4.31 Å². The normalized spacial score (nSPS) is 33.1. The Kier molecular flexibility index (Phi) is 6.90. The summed E-state index contributed by atoms with van der Waals surface area (Å²) in [5, 5.41) is 0. The lowest BCUT2D eigenvalue weighted by Gasteiger charge is -2.72. The highest BCUT2D eigenvalue weighted by molar-refractivity contribution is 7.84. The lowest BCUT2D eigenvalue weighted by atomic mass is 10.1. The monoisotopic (exact) mass is 456 g/mol. The third-order valence-electron chi connectivity index (χ3n) is 3.84. The molecule has 0 bridgehead atoms. The van der Waals surface area contributed by atoms with E-state index in [0.717, 1.165) is 0 Å². The summed E-state index contributed by atoms with van der Waals surface area (Å²) in [5.41, 5.74) is -1.05. The minimum absolute atomic E-state index is 0.261. The second-order valence-corrected chi connectivity index (χ2v) is 18.1. The maximum Gasteiger partial charge on any atom is 0.202 e. The van der Waals surface area contributed by atoms with Crippen molar-refractivity contribution in [2.45, 2.75) is 105 Å². The SMILES string of the molecule is CC(C)(C)N1P([O-])N(C(C)(C)C)P1OP1N(C(C)(C)C)P([O-])N1C(C)(C)C. The molecule has 0 aromatic carbocycles. The molecule has 7 nitrogen and oxygen atoms in total. The van der Waals surface area contributed by atoms with E-state index >= 15 is 0 Å². The minimum Gasteiger partial charge on any atom is -0.805 e. The summed E-state index contributed by atoms with van der Waals surface area (Å²) in [6.07, 6.45) is 0. The lowest BCUT2D eigenvalue weighted by molar-refractivity contribution is -0.186. The summed E-state index contributed by atoms with van der Waals surface area (Å²) in [5.74, 6) is 0. The van der Waals surface area contributed by atoms with Crippen molar-refractivity contribution in [3.8, 4) is 0 Å². The summed E-state index contributed by atoms with van der Waals surface area (Å²) in [7, 11) is -5.69. The Labute approximate surface area is 171 Å². The van der Waals surface area contributed by atoms with E-state index in [1.807, 2.05) is 17.8 Å². The van der Waals surface area contributed by atoms with Crippen LogP contribution in [0.15, 0.2) is 0 Å². The number of hydrogen-bond acceptors (Lipinski definition) is 7. The molecule has 0 radical (unpaired) electrons. The van der Waals surface area contributed by atoms with Crippen LogP contribution in [0, 0.1) is 0 Å². The van der Waals surface area contributed by atoms with Crippen LogP contribution in [0.1, 0.15) is 83.1 Å². The maximum absolute atomic E-state index is 13.0. The Balaban J connectivity index is 2.36. The van der Waals surface area contributed by atoms with Crippen molar-refractivity contribution in [2.24, 2.45) is 0 Å². The van der Waals surface area contributed by atoms with Gasteiger partial charge in [0, 0.05) is 22.2 Å². The van der Waals surface area contributed by atoms with Crippen molar-refractivity contribution < 1.29 is 14.1 Å². The van der Waals surface area contributed by atoms with E-state index < -0.39 is 33.8 Å². The Morgan fingerprint density at radius 1 is 0.481 bits per heavy atom.